The van der Waals surface area contributed by atoms with E-state index in [9.17, 15) is 4.79 Å². The molecule has 2 aromatic rings. The first-order valence-electron chi connectivity index (χ1n) is 4.97. The number of halogens is 2. The van der Waals surface area contributed by atoms with E-state index in [-0.39, 0.29) is 5.56 Å². The summed E-state index contributed by atoms with van der Waals surface area (Å²) in [5.74, 6) is 0. The van der Waals surface area contributed by atoms with Gasteiger partial charge in [-0.2, -0.15) is 0 Å². The maximum atomic E-state index is 12.2. The van der Waals surface area contributed by atoms with Crippen molar-refractivity contribution in [2.75, 3.05) is 13.7 Å². The fraction of sp³-hybridized carbons (Fsp3) is 0.273. The van der Waals surface area contributed by atoms with Crippen LogP contribution in [0, 0.1) is 0 Å². The summed E-state index contributed by atoms with van der Waals surface area (Å²) in [6, 6.07) is 3.53. The van der Waals surface area contributed by atoms with Crippen molar-refractivity contribution in [3.63, 3.8) is 0 Å². The number of aromatic nitrogens is 2. The first-order valence-corrected chi connectivity index (χ1v) is 6.14. The van der Waals surface area contributed by atoms with Crippen molar-refractivity contribution < 1.29 is 4.74 Å². The molecule has 0 aliphatic rings. The highest BCUT2D eigenvalue weighted by Gasteiger charge is 2.10. The van der Waals surface area contributed by atoms with E-state index in [0.29, 0.717) is 33.5 Å². The zero-order valence-electron chi connectivity index (χ0n) is 9.11. The van der Waals surface area contributed by atoms with Crippen molar-refractivity contribution in [2.45, 2.75) is 6.54 Å². The maximum absolute atomic E-state index is 12.2. The molecule has 0 spiro atoms. The van der Waals surface area contributed by atoms with Gasteiger partial charge < -0.3 is 4.74 Å². The van der Waals surface area contributed by atoms with E-state index in [1.54, 1.807) is 19.2 Å². The average molecular weight is 318 g/mol. The van der Waals surface area contributed by atoms with Crippen molar-refractivity contribution in [3.8, 4) is 0 Å². The second-order valence-electron chi connectivity index (χ2n) is 3.49. The summed E-state index contributed by atoms with van der Waals surface area (Å²) in [6.45, 7) is 0.916. The number of hydrogen-bond acceptors (Lipinski definition) is 3. The van der Waals surface area contributed by atoms with Crippen LogP contribution < -0.4 is 5.56 Å². The van der Waals surface area contributed by atoms with Crippen LogP contribution in [0.3, 0.4) is 0 Å². The van der Waals surface area contributed by atoms with Crippen LogP contribution >= 0.6 is 27.5 Å². The smallest absolute Gasteiger partial charge is 0.262 e. The quantitative estimate of drug-likeness (QED) is 0.873. The predicted molar refractivity (Wildman–Crippen MR) is 70.6 cm³/mol. The molecule has 90 valence electrons. The molecule has 0 bridgehead atoms. The Morgan fingerprint density at radius 2 is 2.29 bits per heavy atom. The van der Waals surface area contributed by atoms with Gasteiger partial charge in [-0.15, -0.1) is 0 Å². The van der Waals surface area contributed by atoms with Gasteiger partial charge in [-0.25, -0.2) is 4.98 Å². The van der Waals surface area contributed by atoms with Gasteiger partial charge in [0.15, 0.2) is 0 Å². The summed E-state index contributed by atoms with van der Waals surface area (Å²) in [5.41, 5.74) is 0.440. The monoisotopic (exact) mass is 316 g/mol. The molecule has 0 aliphatic carbocycles. The van der Waals surface area contributed by atoms with Crippen molar-refractivity contribution in [3.05, 3.63) is 38.3 Å². The molecular formula is C11H10BrClN2O2. The highest BCUT2D eigenvalue weighted by atomic mass is 79.9. The van der Waals surface area contributed by atoms with Crippen LogP contribution in [-0.4, -0.2) is 23.3 Å². The van der Waals surface area contributed by atoms with Crippen molar-refractivity contribution in [1.82, 2.24) is 9.55 Å². The summed E-state index contributed by atoms with van der Waals surface area (Å²) in [5, 5.41) is 0.825. The van der Waals surface area contributed by atoms with Crippen LogP contribution in [0.25, 0.3) is 10.9 Å². The predicted octanol–water partition coefficient (Wildman–Crippen LogP) is 2.46. The minimum atomic E-state index is -0.154. The molecule has 0 atom stereocenters. The SMILES string of the molecule is COCCn1cnc2ccc(Br)c(Cl)c2c1=O. The Morgan fingerprint density at radius 1 is 1.53 bits per heavy atom. The Labute approximate surface area is 111 Å². The van der Waals surface area contributed by atoms with Crippen LogP contribution in [0.15, 0.2) is 27.7 Å². The van der Waals surface area contributed by atoms with E-state index in [2.05, 4.69) is 20.9 Å². The van der Waals surface area contributed by atoms with Crippen molar-refractivity contribution in [2.24, 2.45) is 0 Å². The first kappa shape index (κ1) is 12.5. The summed E-state index contributed by atoms with van der Waals surface area (Å²) < 4.78 is 7.12. The van der Waals surface area contributed by atoms with Crippen LogP contribution in [0.4, 0.5) is 0 Å². The Hall–Kier alpha value is -0.910. The lowest BCUT2D eigenvalue weighted by Gasteiger charge is -2.07. The molecule has 0 unspecified atom stereocenters. The number of hydrogen-bond donors (Lipinski definition) is 0. The van der Waals surface area contributed by atoms with Gasteiger partial charge in [0.25, 0.3) is 5.56 Å². The summed E-state index contributed by atoms with van der Waals surface area (Å²) in [4.78, 5) is 16.4. The van der Waals surface area contributed by atoms with E-state index < -0.39 is 0 Å². The molecule has 0 radical (unpaired) electrons. The van der Waals surface area contributed by atoms with E-state index in [1.807, 2.05) is 0 Å². The largest absolute Gasteiger partial charge is 0.383 e. The zero-order chi connectivity index (χ0) is 12.4. The number of fused-ring (bicyclic) bond motifs is 1. The van der Waals surface area contributed by atoms with Gasteiger partial charge in [-0.05, 0) is 28.1 Å². The molecule has 0 fully saturated rings. The van der Waals surface area contributed by atoms with Gasteiger partial charge in [0.05, 0.1) is 35.4 Å². The molecule has 0 N–H and O–H groups in total. The van der Waals surface area contributed by atoms with E-state index in [1.165, 1.54) is 10.9 Å². The van der Waals surface area contributed by atoms with Gasteiger partial charge in [0.2, 0.25) is 0 Å². The molecule has 0 saturated heterocycles. The van der Waals surface area contributed by atoms with Crippen molar-refractivity contribution >= 4 is 38.4 Å². The van der Waals surface area contributed by atoms with Crippen LogP contribution in [0.5, 0.6) is 0 Å². The Balaban J connectivity index is 2.65. The first-order chi connectivity index (χ1) is 8.15. The van der Waals surface area contributed by atoms with E-state index in [4.69, 9.17) is 16.3 Å². The molecular weight excluding hydrogens is 307 g/mol. The molecule has 6 heteroatoms. The van der Waals surface area contributed by atoms with Gasteiger partial charge in [-0.3, -0.25) is 9.36 Å². The summed E-state index contributed by atoms with van der Waals surface area (Å²) >= 11 is 9.40. The van der Waals surface area contributed by atoms with E-state index in [0.717, 1.165) is 0 Å². The van der Waals surface area contributed by atoms with Gasteiger partial charge in [0.1, 0.15) is 0 Å². The average Bonchev–Trinajstić information content (AvgIpc) is 2.33. The fourth-order valence-electron chi connectivity index (χ4n) is 1.53. The zero-order valence-corrected chi connectivity index (χ0v) is 11.5. The Morgan fingerprint density at radius 3 is 3.00 bits per heavy atom. The second-order valence-corrected chi connectivity index (χ2v) is 4.72. The molecule has 0 aliphatic heterocycles. The topological polar surface area (TPSA) is 44.1 Å². The number of ether oxygens (including phenoxy) is 1. The minimum absolute atomic E-state index is 0.154. The number of benzene rings is 1. The molecule has 1 heterocycles. The molecule has 2 rings (SSSR count). The molecule has 0 saturated carbocycles. The Kier molecular flexibility index (Phi) is 3.81. The normalized spacial score (nSPS) is 11.0. The lowest BCUT2D eigenvalue weighted by molar-refractivity contribution is 0.186. The van der Waals surface area contributed by atoms with Gasteiger partial charge in [-0.1, -0.05) is 11.6 Å². The summed E-state index contributed by atoms with van der Waals surface area (Å²) in [7, 11) is 1.59. The standard InChI is InChI=1S/C11H10BrClN2O2/c1-17-5-4-15-6-14-8-3-2-7(12)10(13)9(8)11(15)16/h2-3,6H,4-5H2,1H3. The van der Waals surface area contributed by atoms with Crippen molar-refractivity contribution in [1.29, 1.82) is 0 Å². The third kappa shape index (κ3) is 2.36. The molecule has 1 aromatic heterocycles. The fourth-order valence-corrected chi connectivity index (χ4v) is 2.10. The third-order valence-corrected chi connectivity index (χ3v) is 3.70. The summed E-state index contributed by atoms with van der Waals surface area (Å²) in [6.07, 6.45) is 1.51. The second kappa shape index (κ2) is 5.16. The molecule has 4 nitrogen and oxygen atoms in total. The van der Waals surface area contributed by atoms with Gasteiger partial charge in [0, 0.05) is 11.6 Å². The molecule has 0 amide bonds. The lowest BCUT2D eigenvalue weighted by Crippen LogP contribution is -2.22. The van der Waals surface area contributed by atoms with Gasteiger partial charge >= 0.3 is 0 Å². The van der Waals surface area contributed by atoms with Crippen LogP contribution in [-0.2, 0) is 11.3 Å². The highest BCUT2D eigenvalue weighted by molar-refractivity contribution is 9.10. The maximum Gasteiger partial charge on any atom is 0.262 e. The minimum Gasteiger partial charge on any atom is -0.383 e. The van der Waals surface area contributed by atoms with Crippen LogP contribution in [0.1, 0.15) is 0 Å². The lowest BCUT2D eigenvalue weighted by atomic mass is 10.2. The van der Waals surface area contributed by atoms with E-state index >= 15 is 0 Å². The molecule has 17 heavy (non-hydrogen) atoms. The molecule has 1 aromatic carbocycles. The highest BCUT2D eigenvalue weighted by Crippen LogP contribution is 2.27. The van der Waals surface area contributed by atoms with Crippen LogP contribution in [0.2, 0.25) is 5.02 Å². The number of nitrogens with zero attached hydrogens (tertiary/aromatic N) is 2. The third-order valence-electron chi connectivity index (χ3n) is 2.42. The number of rotatable bonds is 3. The number of methoxy groups -OCH3 is 1. The Bertz CT molecular complexity index is 612.